The number of halogens is 1. The average Bonchev–Trinajstić information content (AvgIpc) is 2.15. The Labute approximate surface area is 58.2 Å². The van der Waals surface area contributed by atoms with Gasteiger partial charge in [-0.25, -0.2) is 0 Å². The lowest BCUT2D eigenvalue weighted by atomic mass is 10.2. The van der Waals surface area contributed by atoms with Gasteiger partial charge in [0.15, 0.2) is 0 Å². The summed E-state index contributed by atoms with van der Waals surface area (Å²) in [5.41, 5.74) is 0. The molecule has 0 aromatic rings. The van der Waals surface area contributed by atoms with Crippen molar-refractivity contribution in [3.8, 4) is 0 Å². The first-order valence-electron chi connectivity index (χ1n) is 2.79. The minimum atomic E-state index is -0.803. The second-order valence-corrected chi connectivity index (χ2v) is 2.39. The van der Waals surface area contributed by atoms with Crippen molar-refractivity contribution in [3.63, 3.8) is 0 Å². The molecule has 0 aromatic carbocycles. The van der Waals surface area contributed by atoms with Crippen molar-refractivity contribution in [2.75, 3.05) is 12.5 Å². The van der Waals surface area contributed by atoms with Gasteiger partial charge in [-0.15, -0.1) is 11.6 Å². The molecule has 4 heteroatoms. The van der Waals surface area contributed by atoms with Crippen molar-refractivity contribution in [3.05, 3.63) is 0 Å². The van der Waals surface area contributed by atoms with Gasteiger partial charge in [0.1, 0.15) is 12.2 Å². The van der Waals surface area contributed by atoms with E-state index in [1.807, 2.05) is 0 Å². The zero-order valence-electron chi connectivity index (χ0n) is 4.83. The van der Waals surface area contributed by atoms with Crippen LogP contribution in [0, 0.1) is 0 Å². The molecule has 3 atom stereocenters. The molecule has 54 valence electrons. The maximum absolute atomic E-state index is 9.00. The van der Waals surface area contributed by atoms with Crippen molar-refractivity contribution in [1.82, 2.24) is 0 Å². The summed E-state index contributed by atoms with van der Waals surface area (Å²) >= 11 is 5.37. The van der Waals surface area contributed by atoms with Gasteiger partial charge in [0.25, 0.3) is 0 Å². The first kappa shape index (κ1) is 7.28. The number of hydrogen-bond donors (Lipinski definition) is 2. The van der Waals surface area contributed by atoms with Gasteiger partial charge in [-0.3, -0.25) is 0 Å². The average molecular weight is 153 g/mol. The lowest BCUT2D eigenvalue weighted by Gasteiger charge is -2.09. The first-order valence-corrected chi connectivity index (χ1v) is 3.33. The molecule has 1 aliphatic heterocycles. The van der Waals surface area contributed by atoms with Crippen molar-refractivity contribution >= 4 is 11.6 Å². The number of aliphatic hydroxyl groups excluding tert-OH is 2. The third kappa shape index (κ3) is 1.35. The Morgan fingerprint density at radius 1 is 1.56 bits per heavy atom. The van der Waals surface area contributed by atoms with E-state index in [1.54, 1.807) is 0 Å². The van der Waals surface area contributed by atoms with Crippen molar-refractivity contribution < 1.29 is 14.9 Å². The number of alkyl halides is 1. The van der Waals surface area contributed by atoms with E-state index < -0.39 is 12.2 Å². The molecule has 1 saturated heterocycles. The highest BCUT2D eigenvalue weighted by molar-refractivity contribution is 6.18. The molecule has 9 heavy (non-hydrogen) atoms. The van der Waals surface area contributed by atoms with E-state index >= 15 is 0 Å². The quantitative estimate of drug-likeness (QED) is 0.491. The standard InChI is InChI=1S/C5H9ClO3/c6-1-4-5(8)3(7)2-9-4/h3-5,7-8H,1-2H2/t3-,4-,5-/m1/s1. The summed E-state index contributed by atoms with van der Waals surface area (Å²) in [7, 11) is 0. The van der Waals surface area contributed by atoms with Crippen LogP contribution in [0.15, 0.2) is 0 Å². The normalized spacial score (nSPS) is 43.7. The van der Waals surface area contributed by atoms with Crippen LogP contribution in [-0.4, -0.2) is 41.0 Å². The van der Waals surface area contributed by atoms with E-state index in [1.165, 1.54) is 0 Å². The number of aliphatic hydroxyl groups is 2. The molecule has 0 aliphatic carbocycles. The SMILES string of the molecule is O[C@@H]1[C@H](O)CO[C@@H]1CCl. The summed E-state index contributed by atoms with van der Waals surface area (Å²) in [6.07, 6.45) is -1.95. The van der Waals surface area contributed by atoms with Crippen molar-refractivity contribution in [2.24, 2.45) is 0 Å². The predicted octanol–water partition coefficient (Wildman–Crippen LogP) is -0.654. The van der Waals surface area contributed by atoms with Gasteiger partial charge in [-0.05, 0) is 0 Å². The molecule has 0 unspecified atom stereocenters. The molecule has 2 N–H and O–H groups in total. The highest BCUT2D eigenvalue weighted by Gasteiger charge is 2.33. The smallest absolute Gasteiger partial charge is 0.109 e. The van der Waals surface area contributed by atoms with Crippen LogP contribution in [0.3, 0.4) is 0 Å². The lowest BCUT2D eigenvalue weighted by molar-refractivity contribution is 0.0332. The highest BCUT2D eigenvalue weighted by Crippen LogP contribution is 2.14. The fourth-order valence-corrected chi connectivity index (χ4v) is 1.07. The zero-order valence-corrected chi connectivity index (χ0v) is 5.58. The molecular formula is C5H9ClO3. The van der Waals surface area contributed by atoms with Gasteiger partial charge in [-0.1, -0.05) is 0 Å². The molecule has 3 nitrogen and oxygen atoms in total. The first-order chi connectivity index (χ1) is 4.25. The molecule has 0 spiro atoms. The van der Waals surface area contributed by atoms with E-state index in [-0.39, 0.29) is 18.6 Å². The van der Waals surface area contributed by atoms with Gasteiger partial charge < -0.3 is 14.9 Å². The van der Waals surface area contributed by atoms with E-state index in [0.717, 1.165) is 0 Å². The van der Waals surface area contributed by atoms with Crippen LogP contribution in [0.5, 0.6) is 0 Å². The van der Waals surface area contributed by atoms with Crippen LogP contribution in [-0.2, 0) is 4.74 Å². The summed E-state index contributed by atoms with van der Waals surface area (Å²) in [6.45, 7) is 0.193. The minimum absolute atomic E-state index is 0.193. The van der Waals surface area contributed by atoms with Gasteiger partial charge >= 0.3 is 0 Å². The van der Waals surface area contributed by atoms with Crippen LogP contribution < -0.4 is 0 Å². The van der Waals surface area contributed by atoms with Gasteiger partial charge in [0.05, 0.1) is 18.6 Å². The molecule has 1 aliphatic rings. The van der Waals surface area contributed by atoms with Gasteiger partial charge in [-0.2, -0.15) is 0 Å². The van der Waals surface area contributed by atoms with Crippen LogP contribution in [0.1, 0.15) is 0 Å². The lowest BCUT2D eigenvalue weighted by Crippen LogP contribution is -2.30. The monoisotopic (exact) mass is 152 g/mol. The Hall–Kier alpha value is 0.170. The van der Waals surface area contributed by atoms with Crippen molar-refractivity contribution in [1.29, 1.82) is 0 Å². The summed E-state index contributed by atoms with van der Waals surface area (Å²) in [5.74, 6) is 0.234. The fraction of sp³-hybridized carbons (Fsp3) is 1.00. The Balaban J connectivity index is 2.41. The highest BCUT2D eigenvalue weighted by atomic mass is 35.5. The van der Waals surface area contributed by atoms with E-state index in [2.05, 4.69) is 0 Å². The summed E-state index contributed by atoms with van der Waals surface area (Å²) in [6, 6.07) is 0. The molecular weight excluding hydrogens is 144 g/mol. The molecule has 1 heterocycles. The maximum Gasteiger partial charge on any atom is 0.109 e. The number of rotatable bonds is 1. The summed E-state index contributed by atoms with van der Waals surface area (Å²) < 4.78 is 4.89. The fourth-order valence-electron chi connectivity index (χ4n) is 0.803. The molecule has 0 radical (unpaired) electrons. The Kier molecular flexibility index (Phi) is 2.29. The van der Waals surface area contributed by atoms with Crippen LogP contribution >= 0.6 is 11.6 Å². The molecule has 0 aromatic heterocycles. The topological polar surface area (TPSA) is 49.7 Å². The molecule has 0 amide bonds. The molecule has 1 fully saturated rings. The van der Waals surface area contributed by atoms with E-state index in [9.17, 15) is 0 Å². The predicted molar refractivity (Wildman–Crippen MR) is 32.5 cm³/mol. The largest absolute Gasteiger partial charge is 0.388 e. The third-order valence-corrected chi connectivity index (χ3v) is 1.71. The molecule has 1 rings (SSSR count). The Morgan fingerprint density at radius 3 is 2.44 bits per heavy atom. The Morgan fingerprint density at radius 2 is 2.22 bits per heavy atom. The number of hydrogen-bond acceptors (Lipinski definition) is 3. The van der Waals surface area contributed by atoms with E-state index in [0.29, 0.717) is 0 Å². The van der Waals surface area contributed by atoms with Crippen LogP contribution in [0.25, 0.3) is 0 Å². The van der Waals surface area contributed by atoms with Crippen molar-refractivity contribution in [2.45, 2.75) is 18.3 Å². The molecule has 0 saturated carbocycles. The van der Waals surface area contributed by atoms with Gasteiger partial charge in [0, 0.05) is 0 Å². The maximum atomic E-state index is 9.00. The summed E-state index contributed by atoms with van der Waals surface area (Å²) in [5, 5.41) is 17.9. The second kappa shape index (κ2) is 2.84. The zero-order chi connectivity index (χ0) is 6.85. The summed E-state index contributed by atoms with van der Waals surface area (Å²) in [4.78, 5) is 0. The molecule has 0 bridgehead atoms. The third-order valence-electron chi connectivity index (χ3n) is 1.41. The second-order valence-electron chi connectivity index (χ2n) is 2.08. The van der Waals surface area contributed by atoms with Crippen LogP contribution in [0.2, 0.25) is 0 Å². The number of ether oxygens (including phenoxy) is 1. The van der Waals surface area contributed by atoms with E-state index in [4.69, 9.17) is 26.6 Å². The van der Waals surface area contributed by atoms with Gasteiger partial charge in [0.2, 0.25) is 0 Å². The Bertz CT molecular complexity index is 98.2. The minimum Gasteiger partial charge on any atom is -0.388 e. The van der Waals surface area contributed by atoms with Crippen LogP contribution in [0.4, 0.5) is 0 Å².